The average molecular weight is 529 g/mol. The molecule has 2 aromatic carbocycles. The van der Waals surface area contributed by atoms with E-state index in [9.17, 15) is 9.90 Å². The molecule has 0 unspecified atom stereocenters. The van der Waals surface area contributed by atoms with Crippen LogP contribution in [0.5, 0.6) is 5.75 Å². The Bertz CT molecular complexity index is 1130. The van der Waals surface area contributed by atoms with Crippen LogP contribution in [-0.4, -0.2) is 24.0 Å². The number of aromatic hydroxyl groups is 1. The van der Waals surface area contributed by atoms with Gasteiger partial charge >= 0.3 is 6.03 Å². The Morgan fingerprint density at radius 1 is 0.972 bits per heavy atom. The van der Waals surface area contributed by atoms with Crippen LogP contribution in [0.1, 0.15) is 58.2 Å². The monoisotopic (exact) mass is 528 g/mol. The zero-order valence-electron chi connectivity index (χ0n) is 21.8. The summed E-state index contributed by atoms with van der Waals surface area (Å²) in [6.07, 6.45) is 2.40. The third-order valence-corrected chi connectivity index (χ3v) is 6.34. The summed E-state index contributed by atoms with van der Waals surface area (Å²) >= 11 is 1.59. The molecule has 194 valence electrons. The fraction of sp³-hybridized carbons (Fsp3) is 0.357. The highest BCUT2D eigenvalue weighted by atomic mass is 35.5. The number of hydrogen-bond donors (Lipinski definition) is 4. The Hall–Kier alpha value is -3.03. The lowest BCUT2D eigenvalue weighted by Crippen LogP contribution is -2.30. The standard InChI is InChI=1S/C28H36N4O2S.ClH/c1-27(2,3)22-16-21(17-23(25(22)33)28(4,5)6)32-26(34)29-14-13-19-9-11-20(12-10-19)30-18-31-24-8-7-15-35-24;/h7-12,15-18,33H,13-14H2,1-6H3,(H,30,31)(H2,29,32,34);1H. The van der Waals surface area contributed by atoms with Crippen molar-refractivity contribution in [2.24, 2.45) is 4.99 Å². The van der Waals surface area contributed by atoms with E-state index < -0.39 is 0 Å². The van der Waals surface area contributed by atoms with Crippen LogP contribution >= 0.6 is 23.7 Å². The van der Waals surface area contributed by atoms with Crippen molar-refractivity contribution in [3.8, 4) is 5.75 Å². The quantitative estimate of drug-likeness (QED) is 0.145. The molecule has 0 aliphatic carbocycles. The first-order valence-electron chi connectivity index (χ1n) is 11.8. The van der Waals surface area contributed by atoms with Gasteiger partial charge < -0.3 is 21.1 Å². The summed E-state index contributed by atoms with van der Waals surface area (Å²) in [5.41, 5.74) is 3.88. The average Bonchev–Trinajstić information content (AvgIpc) is 3.28. The Morgan fingerprint density at radius 3 is 2.11 bits per heavy atom. The molecule has 8 heteroatoms. The first-order valence-corrected chi connectivity index (χ1v) is 12.7. The van der Waals surface area contributed by atoms with Gasteiger partial charge in [-0.05, 0) is 64.6 Å². The van der Waals surface area contributed by atoms with Crippen molar-refractivity contribution >= 4 is 52.5 Å². The largest absolute Gasteiger partial charge is 0.507 e. The van der Waals surface area contributed by atoms with Crippen molar-refractivity contribution in [1.82, 2.24) is 5.32 Å². The number of urea groups is 1. The third-order valence-electron chi connectivity index (χ3n) is 5.57. The fourth-order valence-corrected chi connectivity index (χ4v) is 4.19. The van der Waals surface area contributed by atoms with Gasteiger partial charge in [-0.1, -0.05) is 53.7 Å². The zero-order chi connectivity index (χ0) is 25.6. The molecule has 3 aromatic rings. The lowest BCUT2D eigenvalue weighted by Gasteiger charge is -2.28. The van der Waals surface area contributed by atoms with E-state index in [1.807, 2.05) is 53.9 Å². The summed E-state index contributed by atoms with van der Waals surface area (Å²) in [7, 11) is 0. The van der Waals surface area contributed by atoms with E-state index in [0.717, 1.165) is 27.4 Å². The minimum atomic E-state index is -0.265. The Balaban J connectivity index is 0.00000456. The highest BCUT2D eigenvalue weighted by Crippen LogP contribution is 2.41. The maximum atomic E-state index is 12.6. The minimum absolute atomic E-state index is 0. The highest BCUT2D eigenvalue weighted by molar-refractivity contribution is 7.13. The highest BCUT2D eigenvalue weighted by Gasteiger charge is 2.26. The number of carbonyl (C=O) groups excluding carboxylic acids is 1. The van der Waals surface area contributed by atoms with Gasteiger partial charge in [-0.2, -0.15) is 0 Å². The van der Waals surface area contributed by atoms with E-state index in [4.69, 9.17) is 0 Å². The van der Waals surface area contributed by atoms with Crippen molar-refractivity contribution in [2.75, 3.05) is 17.2 Å². The van der Waals surface area contributed by atoms with Gasteiger partial charge in [-0.15, -0.1) is 23.7 Å². The lowest BCUT2D eigenvalue weighted by atomic mass is 9.79. The Labute approximate surface area is 224 Å². The van der Waals surface area contributed by atoms with E-state index in [0.29, 0.717) is 24.4 Å². The molecule has 0 radical (unpaired) electrons. The summed E-state index contributed by atoms with van der Waals surface area (Å²) in [6, 6.07) is 15.4. The molecule has 4 N–H and O–H groups in total. The van der Waals surface area contributed by atoms with Gasteiger partial charge in [0.15, 0.2) is 0 Å². The molecule has 6 nitrogen and oxygen atoms in total. The van der Waals surface area contributed by atoms with Crippen LogP contribution in [-0.2, 0) is 17.3 Å². The number of carbonyl (C=O) groups is 1. The van der Waals surface area contributed by atoms with Gasteiger partial charge in [0.1, 0.15) is 10.8 Å². The van der Waals surface area contributed by atoms with Gasteiger partial charge in [-0.25, -0.2) is 9.79 Å². The number of aliphatic imine (C=N–C) groups is 1. The topological polar surface area (TPSA) is 85.8 Å². The van der Waals surface area contributed by atoms with Crippen LogP contribution in [0.2, 0.25) is 0 Å². The maximum Gasteiger partial charge on any atom is 0.319 e. The van der Waals surface area contributed by atoms with Crippen LogP contribution in [0, 0.1) is 0 Å². The molecule has 2 amide bonds. The predicted octanol–water partition coefficient (Wildman–Crippen LogP) is 7.61. The van der Waals surface area contributed by atoms with Crippen LogP contribution in [0.3, 0.4) is 0 Å². The second kappa shape index (κ2) is 12.3. The number of nitrogens with one attached hydrogen (secondary N) is 3. The molecular formula is C28H37ClN4O2S. The number of hydrogen-bond acceptors (Lipinski definition) is 4. The number of anilines is 2. The van der Waals surface area contributed by atoms with E-state index in [1.54, 1.807) is 17.7 Å². The first kappa shape index (κ1) is 29.2. The Morgan fingerprint density at radius 2 is 1.58 bits per heavy atom. The summed E-state index contributed by atoms with van der Waals surface area (Å²) in [5.74, 6) is 0.298. The van der Waals surface area contributed by atoms with Crippen LogP contribution < -0.4 is 16.0 Å². The van der Waals surface area contributed by atoms with Crippen molar-refractivity contribution in [1.29, 1.82) is 0 Å². The predicted molar refractivity (Wildman–Crippen MR) is 156 cm³/mol. The number of halogens is 1. The number of phenols is 1. The summed E-state index contributed by atoms with van der Waals surface area (Å²) < 4.78 is 0. The molecule has 0 aliphatic heterocycles. The van der Waals surface area contributed by atoms with E-state index in [2.05, 4.69) is 62.5 Å². The van der Waals surface area contributed by atoms with Gasteiger partial charge in [0.25, 0.3) is 0 Å². The minimum Gasteiger partial charge on any atom is -0.507 e. The lowest BCUT2D eigenvalue weighted by molar-refractivity contribution is 0.252. The van der Waals surface area contributed by atoms with E-state index in [-0.39, 0.29) is 29.3 Å². The van der Waals surface area contributed by atoms with Crippen LogP contribution in [0.25, 0.3) is 0 Å². The number of rotatable bonds is 7. The van der Waals surface area contributed by atoms with Gasteiger partial charge in [0.2, 0.25) is 0 Å². The van der Waals surface area contributed by atoms with Crippen molar-refractivity contribution in [3.05, 3.63) is 70.6 Å². The van der Waals surface area contributed by atoms with Gasteiger partial charge in [0, 0.05) is 29.0 Å². The second-order valence-electron chi connectivity index (χ2n) is 10.6. The third kappa shape index (κ3) is 8.28. The molecule has 0 saturated heterocycles. The number of thiophene rings is 1. The Kier molecular flexibility index (Phi) is 9.96. The molecule has 0 spiro atoms. The molecule has 0 saturated carbocycles. The van der Waals surface area contributed by atoms with Crippen molar-refractivity contribution in [3.63, 3.8) is 0 Å². The van der Waals surface area contributed by atoms with Crippen molar-refractivity contribution in [2.45, 2.75) is 58.8 Å². The molecule has 0 fully saturated rings. The van der Waals surface area contributed by atoms with Crippen LogP contribution in [0.4, 0.5) is 21.2 Å². The summed E-state index contributed by atoms with van der Waals surface area (Å²) in [5, 5.41) is 22.8. The molecule has 0 atom stereocenters. The molecule has 1 heterocycles. The zero-order valence-corrected chi connectivity index (χ0v) is 23.4. The summed E-state index contributed by atoms with van der Waals surface area (Å²) in [6.45, 7) is 12.8. The number of nitrogens with zero attached hydrogens (tertiary/aromatic N) is 1. The molecule has 3 rings (SSSR count). The number of benzene rings is 2. The first-order chi connectivity index (χ1) is 16.4. The van der Waals surface area contributed by atoms with Crippen LogP contribution in [0.15, 0.2) is 58.9 Å². The molecule has 1 aromatic heterocycles. The SMILES string of the molecule is CC(C)(C)c1cc(NC(=O)NCCc2ccc(N/C=N/c3cccs3)cc2)cc(C(C)(C)C)c1O.Cl. The number of amides is 2. The smallest absolute Gasteiger partial charge is 0.319 e. The number of phenolic OH excluding ortho intramolecular Hbond substituents is 1. The molecule has 0 aliphatic rings. The maximum absolute atomic E-state index is 12.6. The van der Waals surface area contributed by atoms with E-state index in [1.165, 1.54) is 0 Å². The van der Waals surface area contributed by atoms with Gasteiger partial charge in [0.05, 0.1) is 6.34 Å². The molecule has 0 bridgehead atoms. The normalized spacial score (nSPS) is 11.7. The fourth-order valence-electron chi connectivity index (χ4n) is 3.63. The molecular weight excluding hydrogens is 492 g/mol. The van der Waals surface area contributed by atoms with Gasteiger partial charge in [-0.3, -0.25) is 0 Å². The summed E-state index contributed by atoms with van der Waals surface area (Å²) in [4.78, 5) is 16.9. The van der Waals surface area contributed by atoms with E-state index >= 15 is 0 Å². The van der Waals surface area contributed by atoms with Crippen molar-refractivity contribution < 1.29 is 9.90 Å². The second-order valence-corrected chi connectivity index (χ2v) is 11.5. The molecule has 36 heavy (non-hydrogen) atoms.